The molecule has 0 bridgehead atoms. The molecule has 78 valence electrons. The van der Waals surface area contributed by atoms with Gasteiger partial charge in [0.1, 0.15) is 6.04 Å². The van der Waals surface area contributed by atoms with Crippen LogP contribution < -0.4 is 5.32 Å². The topological polar surface area (TPSA) is 55.4 Å². The smallest absolute Gasteiger partial charge is 0.329 e. The van der Waals surface area contributed by atoms with Gasteiger partial charge in [0, 0.05) is 0 Å². The molecule has 0 aliphatic carbocycles. The number of amides is 1. The summed E-state index contributed by atoms with van der Waals surface area (Å²) in [5.41, 5.74) is 0.844. The summed E-state index contributed by atoms with van der Waals surface area (Å²) in [5.74, 6) is -0.932. The molecular weight excluding hydrogens is 194 g/mol. The summed E-state index contributed by atoms with van der Waals surface area (Å²) in [7, 11) is 1.31. The fourth-order valence-corrected chi connectivity index (χ4v) is 1.71. The molecule has 1 saturated heterocycles. The quantitative estimate of drug-likeness (QED) is 0.563. The number of benzene rings is 1. The van der Waals surface area contributed by atoms with Crippen molar-refractivity contribution in [2.45, 2.75) is 12.0 Å². The van der Waals surface area contributed by atoms with Crippen molar-refractivity contribution in [1.29, 1.82) is 0 Å². The zero-order chi connectivity index (χ0) is 10.8. The molecule has 0 saturated carbocycles. The minimum absolute atomic E-state index is 0.128. The average Bonchev–Trinajstić information content (AvgIpc) is 2.26. The van der Waals surface area contributed by atoms with Gasteiger partial charge in [0.2, 0.25) is 5.91 Å². The Morgan fingerprint density at radius 3 is 2.53 bits per heavy atom. The normalized spacial score (nSPS) is 23.9. The number of rotatable bonds is 2. The van der Waals surface area contributed by atoms with Gasteiger partial charge in [0.25, 0.3) is 0 Å². The van der Waals surface area contributed by atoms with Crippen molar-refractivity contribution < 1.29 is 14.3 Å². The van der Waals surface area contributed by atoms with Crippen molar-refractivity contribution >= 4 is 11.9 Å². The van der Waals surface area contributed by atoms with Crippen LogP contribution in [-0.4, -0.2) is 25.0 Å². The van der Waals surface area contributed by atoms with E-state index < -0.39 is 17.9 Å². The Bertz CT molecular complexity index is 388. The molecule has 1 aliphatic rings. The molecule has 4 nitrogen and oxygen atoms in total. The Labute approximate surface area is 87.2 Å². The number of carbonyl (C=O) groups excluding carboxylic acids is 2. The van der Waals surface area contributed by atoms with Crippen molar-refractivity contribution in [3.8, 4) is 0 Å². The number of β-lactam (4-membered cyclic amide) rings is 1. The van der Waals surface area contributed by atoms with Gasteiger partial charge in [-0.25, -0.2) is 4.79 Å². The summed E-state index contributed by atoms with van der Waals surface area (Å²) >= 11 is 0. The Hall–Kier alpha value is -1.84. The van der Waals surface area contributed by atoms with Crippen LogP contribution in [0.5, 0.6) is 0 Å². The lowest BCUT2D eigenvalue weighted by molar-refractivity contribution is -0.152. The Balaban J connectivity index is 2.21. The van der Waals surface area contributed by atoms with Crippen LogP contribution in [0.2, 0.25) is 0 Å². The highest BCUT2D eigenvalue weighted by Crippen LogP contribution is 2.27. The van der Waals surface area contributed by atoms with E-state index in [-0.39, 0.29) is 5.91 Å². The Kier molecular flexibility index (Phi) is 2.41. The lowest BCUT2D eigenvalue weighted by Gasteiger charge is -2.34. The zero-order valence-electron chi connectivity index (χ0n) is 8.27. The van der Waals surface area contributed by atoms with Gasteiger partial charge in [-0.1, -0.05) is 30.3 Å². The van der Waals surface area contributed by atoms with Gasteiger partial charge < -0.3 is 10.1 Å². The number of nitrogens with one attached hydrogen (secondary N) is 1. The van der Waals surface area contributed by atoms with Gasteiger partial charge in [-0.2, -0.15) is 0 Å². The van der Waals surface area contributed by atoms with Crippen molar-refractivity contribution in [2.75, 3.05) is 7.11 Å². The second-order valence-electron chi connectivity index (χ2n) is 3.40. The van der Waals surface area contributed by atoms with Crippen LogP contribution in [-0.2, 0) is 14.3 Å². The molecule has 0 unspecified atom stereocenters. The third-order valence-electron chi connectivity index (χ3n) is 2.53. The van der Waals surface area contributed by atoms with Gasteiger partial charge in [0.15, 0.2) is 0 Å². The highest BCUT2D eigenvalue weighted by molar-refractivity contribution is 6.00. The maximum Gasteiger partial charge on any atom is 0.329 e. The van der Waals surface area contributed by atoms with Crippen molar-refractivity contribution in [3.63, 3.8) is 0 Å². The maximum atomic E-state index is 11.3. The van der Waals surface area contributed by atoms with E-state index in [0.29, 0.717) is 0 Å². The van der Waals surface area contributed by atoms with Crippen LogP contribution >= 0.6 is 0 Å². The lowest BCUT2D eigenvalue weighted by atomic mass is 9.84. The van der Waals surface area contributed by atoms with Crippen molar-refractivity contribution in [2.24, 2.45) is 0 Å². The summed E-state index contributed by atoms with van der Waals surface area (Å²) in [5, 5.41) is 2.53. The summed E-state index contributed by atoms with van der Waals surface area (Å²) in [6.45, 7) is 0. The first kappa shape index (κ1) is 9.71. The minimum Gasteiger partial charge on any atom is -0.467 e. The molecule has 1 aromatic rings. The molecule has 1 N–H and O–H groups in total. The van der Waals surface area contributed by atoms with E-state index in [1.165, 1.54) is 7.11 Å². The average molecular weight is 205 g/mol. The Morgan fingerprint density at radius 1 is 1.33 bits per heavy atom. The van der Waals surface area contributed by atoms with Crippen LogP contribution in [0.4, 0.5) is 0 Å². The standard InChI is InChI=1S/C11H11NO3/c1-15-11(14)9-8(10(13)12-9)7-5-3-2-4-6-7/h2-6,8-9H,1H3,(H,12,13)/t8-,9+/m0/s1. The number of hydrogen-bond acceptors (Lipinski definition) is 3. The van der Waals surface area contributed by atoms with Crippen LogP contribution in [0, 0.1) is 0 Å². The van der Waals surface area contributed by atoms with Crippen molar-refractivity contribution in [1.82, 2.24) is 5.32 Å². The van der Waals surface area contributed by atoms with E-state index in [9.17, 15) is 9.59 Å². The fraction of sp³-hybridized carbons (Fsp3) is 0.273. The zero-order valence-corrected chi connectivity index (χ0v) is 8.27. The maximum absolute atomic E-state index is 11.3. The van der Waals surface area contributed by atoms with E-state index in [0.717, 1.165) is 5.56 Å². The first-order valence-electron chi connectivity index (χ1n) is 4.67. The van der Waals surface area contributed by atoms with Gasteiger partial charge in [-0.05, 0) is 5.56 Å². The number of ether oxygens (including phenoxy) is 1. The lowest BCUT2D eigenvalue weighted by Crippen LogP contribution is -2.60. The SMILES string of the molecule is COC(=O)[C@@H]1NC(=O)[C@H]1c1ccccc1. The molecule has 4 heteroatoms. The van der Waals surface area contributed by atoms with Crippen molar-refractivity contribution in [3.05, 3.63) is 35.9 Å². The molecule has 0 spiro atoms. The highest BCUT2D eigenvalue weighted by Gasteiger charge is 2.45. The second kappa shape index (κ2) is 3.73. The van der Waals surface area contributed by atoms with Crippen LogP contribution in [0.1, 0.15) is 11.5 Å². The van der Waals surface area contributed by atoms with E-state index in [2.05, 4.69) is 10.1 Å². The van der Waals surface area contributed by atoms with Gasteiger partial charge in [-0.15, -0.1) is 0 Å². The van der Waals surface area contributed by atoms with Crippen LogP contribution in [0.15, 0.2) is 30.3 Å². The van der Waals surface area contributed by atoms with E-state index >= 15 is 0 Å². The molecule has 1 heterocycles. The number of hydrogen-bond donors (Lipinski definition) is 1. The molecular formula is C11H11NO3. The molecule has 0 aromatic heterocycles. The molecule has 1 amide bonds. The Morgan fingerprint density at radius 2 is 2.00 bits per heavy atom. The molecule has 1 aromatic carbocycles. The first-order valence-corrected chi connectivity index (χ1v) is 4.67. The number of esters is 1. The third-order valence-corrected chi connectivity index (χ3v) is 2.53. The molecule has 2 atom stereocenters. The number of carbonyl (C=O) groups is 2. The minimum atomic E-state index is -0.537. The largest absolute Gasteiger partial charge is 0.467 e. The molecule has 1 fully saturated rings. The summed E-state index contributed by atoms with van der Waals surface area (Å²) in [6, 6.07) is 8.68. The number of methoxy groups -OCH3 is 1. The summed E-state index contributed by atoms with van der Waals surface area (Å²) in [6.07, 6.45) is 0. The van der Waals surface area contributed by atoms with Crippen LogP contribution in [0.25, 0.3) is 0 Å². The van der Waals surface area contributed by atoms with E-state index in [1.807, 2.05) is 30.3 Å². The first-order chi connectivity index (χ1) is 7.24. The predicted octanol–water partition coefficient (Wildman–Crippen LogP) is 0.442. The summed E-state index contributed by atoms with van der Waals surface area (Å²) in [4.78, 5) is 22.6. The second-order valence-corrected chi connectivity index (χ2v) is 3.40. The van der Waals surface area contributed by atoms with Gasteiger partial charge in [0.05, 0.1) is 13.0 Å². The highest BCUT2D eigenvalue weighted by atomic mass is 16.5. The third kappa shape index (κ3) is 1.58. The molecule has 0 radical (unpaired) electrons. The summed E-state index contributed by atoms with van der Waals surface area (Å²) < 4.78 is 4.60. The fourth-order valence-electron chi connectivity index (χ4n) is 1.71. The molecule has 1 aliphatic heterocycles. The molecule has 2 rings (SSSR count). The van der Waals surface area contributed by atoms with E-state index in [1.54, 1.807) is 0 Å². The predicted molar refractivity (Wildman–Crippen MR) is 53.1 cm³/mol. The molecule has 15 heavy (non-hydrogen) atoms. The monoisotopic (exact) mass is 205 g/mol. The van der Waals surface area contributed by atoms with Gasteiger partial charge >= 0.3 is 5.97 Å². The van der Waals surface area contributed by atoms with Gasteiger partial charge in [-0.3, -0.25) is 4.79 Å². The van der Waals surface area contributed by atoms with Crippen LogP contribution in [0.3, 0.4) is 0 Å². The van der Waals surface area contributed by atoms with E-state index in [4.69, 9.17) is 0 Å².